The van der Waals surface area contributed by atoms with Crippen molar-refractivity contribution in [2.45, 2.75) is 0 Å². The summed E-state index contributed by atoms with van der Waals surface area (Å²) < 4.78 is 0. The van der Waals surface area contributed by atoms with Crippen molar-refractivity contribution in [2.75, 3.05) is 6.54 Å². The van der Waals surface area contributed by atoms with Crippen molar-refractivity contribution in [1.82, 2.24) is 12.3 Å². The molecule has 0 bridgehead atoms. The predicted octanol–water partition coefficient (Wildman–Crippen LogP) is 0.455. The van der Waals surface area contributed by atoms with E-state index in [-0.39, 0.29) is 12.3 Å². The Kier molecular flexibility index (Phi) is 67.2. The molecule has 0 spiro atoms. The summed E-state index contributed by atoms with van der Waals surface area (Å²) in [6.45, 7) is 3.94. The number of nitrogens with two attached hydrogens (primary N) is 1. The van der Waals surface area contributed by atoms with Gasteiger partial charge in [0.25, 0.3) is 0 Å². The number of hydrogen-bond acceptors (Lipinski definition) is 3. The minimum Gasteiger partial charge on any atom is -0.344 e. The molecule has 0 radical (unpaired) electrons. The Morgan fingerprint density at radius 3 is 1.67 bits per heavy atom. The van der Waals surface area contributed by atoms with Crippen molar-refractivity contribution in [3.05, 3.63) is 12.7 Å². The second-order valence-corrected chi connectivity index (χ2v) is 0.524. The van der Waals surface area contributed by atoms with Crippen LogP contribution in [0.25, 0.3) is 0 Å². The van der Waals surface area contributed by atoms with Crippen LogP contribution in [-0.2, 0) is 0 Å². The maximum atomic E-state index is 4.91. The minimum atomic E-state index is 0. The first-order chi connectivity index (χ1) is 1.91. The van der Waals surface area contributed by atoms with E-state index in [9.17, 15) is 0 Å². The van der Waals surface area contributed by atoms with E-state index in [1.165, 1.54) is 0 Å². The third-order valence-corrected chi connectivity index (χ3v) is 0.167. The lowest BCUT2D eigenvalue weighted by Crippen LogP contribution is -1.90. The Morgan fingerprint density at radius 1 is 1.50 bits per heavy atom. The number of hydrogen-bond donors (Lipinski definition) is 3. The van der Waals surface area contributed by atoms with Crippen molar-refractivity contribution in [1.29, 1.82) is 0 Å². The summed E-state index contributed by atoms with van der Waals surface area (Å²) in [6, 6.07) is 0. The smallest absolute Gasteiger partial charge is 0.0104 e. The molecule has 0 atom stereocenters. The Bertz CT molecular complexity index is 20.0. The molecule has 0 heterocycles. The molecule has 3 nitrogen and oxygen atoms in total. The third kappa shape index (κ3) is 64.6. The van der Waals surface area contributed by atoms with E-state index < -0.39 is 0 Å². The van der Waals surface area contributed by atoms with Gasteiger partial charge in [0.15, 0.2) is 0 Å². The molecule has 0 aromatic carbocycles. The van der Waals surface area contributed by atoms with Crippen LogP contribution < -0.4 is 18.0 Å². The lowest BCUT2D eigenvalue weighted by Gasteiger charge is -1.61. The van der Waals surface area contributed by atoms with Crippen LogP contribution in [0, 0.1) is 0 Å². The molecule has 40 valence electrons. The zero-order valence-electron chi connectivity index (χ0n) is 3.98. The predicted molar refractivity (Wildman–Crippen MR) is 29.3 cm³/mol. The van der Waals surface area contributed by atoms with Gasteiger partial charge >= 0.3 is 0 Å². The van der Waals surface area contributed by atoms with Gasteiger partial charge in [-0.1, -0.05) is 6.08 Å². The molecule has 0 aromatic heterocycles. The molecule has 0 amide bonds. The number of rotatable bonds is 1. The zero-order chi connectivity index (χ0) is 3.41. The molecule has 0 aliphatic heterocycles. The maximum absolute atomic E-state index is 4.91. The molecule has 0 unspecified atom stereocenters. The second-order valence-electron chi connectivity index (χ2n) is 0.524. The van der Waals surface area contributed by atoms with Crippen LogP contribution in [0.4, 0.5) is 0 Å². The SMILES string of the molecule is C=CCN.N.N. The summed E-state index contributed by atoms with van der Waals surface area (Å²) in [5.74, 6) is 0. The molecule has 6 heavy (non-hydrogen) atoms. The zero-order valence-corrected chi connectivity index (χ0v) is 3.98. The highest BCUT2D eigenvalue weighted by Gasteiger charge is 1.43. The third-order valence-electron chi connectivity index (χ3n) is 0.167. The summed E-state index contributed by atoms with van der Waals surface area (Å²) >= 11 is 0. The highest BCUT2D eigenvalue weighted by Crippen LogP contribution is 1.40. The Morgan fingerprint density at radius 2 is 1.67 bits per heavy atom. The summed E-state index contributed by atoms with van der Waals surface area (Å²) in [5.41, 5.74) is 4.91. The van der Waals surface area contributed by atoms with Crippen LogP contribution in [0.5, 0.6) is 0 Å². The fourth-order valence-electron chi connectivity index (χ4n) is 0. The van der Waals surface area contributed by atoms with E-state index in [1.54, 1.807) is 6.08 Å². The van der Waals surface area contributed by atoms with E-state index in [0.29, 0.717) is 6.54 Å². The standard InChI is InChI=1S/C3H7N.2H3N/c1-2-3-4;;/h2H,1,3-4H2;2*1H3. The Hall–Kier alpha value is -0.380. The van der Waals surface area contributed by atoms with E-state index >= 15 is 0 Å². The van der Waals surface area contributed by atoms with Crippen LogP contribution in [0.15, 0.2) is 12.7 Å². The monoisotopic (exact) mass is 91.1 g/mol. The average Bonchev–Trinajstić information content (AvgIpc) is 1.37. The normalized spacial score (nSPS) is 4.17. The van der Waals surface area contributed by atoms with Gasteiger partial charge in [-0.25, -0.2) is 0 Å². The summed E-state index contributed by atoms with van der Waals surface area (Å²) in [7, 11) is 0. The maximum Gasteiger partial charge on any atom is 0.0104 e. The summed E-state index contributed by atoms with van der Waals surface area (Å²) in [5, 5.41) is 0. The lowest BCUT2D eigenvalue weighted by atomic mass is 10.7. The molecule has 0 fully saturated rings. The van der Waals surface area contributed by atoms with Crippen molar-refractivity contribution in [3.63, 3.8) is 0 Å². The van der Waals surface area contributed by atoms with Crippen LogP contribution in [0.2, 0.25) is 0 Å². The average molecular weight is 91.2 g/mol. The lowest BCUT2D eigenvalue weighted by molar-refractivity contribution is 1.26. The fraction of sp³-hybridized carbons (Fsp3) is 0.333. The molecular formula is C3H13N3. The molecule has 0 aromatic rings. The summed E-state index contributed by atoms with van der Waals surface area (Å²) in [4.78, 5) is 0. The summed E-state index contributed by atoms with van der Waals surface area (Å²) in [6.07, 6.45) is 1.65. The van der Waals surface area contributed by atoms with Gasteiger partial charge in [0.2, 0.25) is 0 Å². The molecule has 8 N–H and O–H groups in total. The van der Waals surface area contributed by atoms with Crippen molar-refractivity contribution >= 4 is 0 Å². The molecule has 3 heteroatoms. The van der Waals surface area contributed by atoms with Crippen molar-refractivity contribution in [3.8, 4) is 0 Å². The highest BCUT2D eigenvalue weighted by molar-refractivity contribution is 4.64. The second kappa shape index (κ2) is 23.1. The highest BCUT2D eigenvalue weighted by atomic mass is 14.5. The quantitative estimate of drug-likeness (QED) is 0.409. The van der Waals surface area contributed by atoms with E-state index in [2.05, 4.69) is 6.58 Å². The Labute approximate surface area is 38.4 Å². The van der Waals surface area contributed by atoms with E-state index in [1.807, 2.05) is 0 Å². The van der Waals surface area contributed by atoms with Crippen molar-refractivity contribution < 1.29 is 0 Å². The van der Waals surface area contributed by atoms with Gasteiger partial charge < -0.3 is 18.0 Å². The first kappa shape index (κ1) is 17.5. The molecule has 0 aliphatic carbocycles. The van der Waals surface area contributed by atoms with Crippen LogP contribution >= 0.6 is 0 Å². The van der Waals surface area contributed by atoms with Crippen LogP contribution in [0.1, 0.15) is 0 Å². The van der Waals surface area contributed by atoms with Gasteiger partial charge in [0, 0.05) is 6.54 Å². The van der Waals surface area contributed by atoms with Gasteiger partial charge in [-0.05, 0) is 0 Å². The van der Waals surface area contributed by atoms with Gasteiger partial charge in [-0.3, -0.25) is 0 Å². The van der Waals surface area contributed by atoms with Gasteiger partial charge in [-0.2, -0.15) is 0 Å². The molecular weight excluding hydrogens is 78.1 g/mol. The van der Waals surface area contributed by atoms with Crippen LogP contribution in [-0.4, -0.2) is 6.54 Å². The van der Waals surface area contributed by atoms with Gasteiger partial charge in [-0.15, -0.1) is 6.58 Å². The molecule has 0 aliphatic rings. The fourth-order valence-corrected chi connectivity index (χ4v) is 0. The first-order valence-corrected chi connectivity index (χ1v) is 1.22. The molecule has 0 rings (SSSR count). The minimum absolute atomic E-state index is 0. The largest absolute Gasteiger partial charge is 0.344 e. The topological polar surface area (TPSA) is 96.0 Å². The van der Waals surface area contributed by atoms with E-state index in [0.717, 1.165) is 0 Å². The molecule has 0 saturated heterocycles. The molecule has 0 saturated carbocycles. The van der Waals surface area contributed by atoms with E-state index in [4.69, 9.17) is 5.73 Å². The van der Waals surface area contributed by atoms with Crippen molar-refractivity contribution in [2.24, 2.45) is 5.73 Å². The van der Waals surface area contributed by atoms with Crippen LogP contribution in [0.3, 0.4) is 0 Å². The Balaban J connectivity index is -0.0000000450. The van der Waals surface area contributed by atoms with Gasteiger partial charge in [0.1, 0.15) is 0 Å². The first-order valence-electron chi connectivity index (χ1n) is 1.22. The van der Waals surface area contributed by atoms with Gasteiger partial charge in [0.05, 0.1) is 0 Å².